The minimum atomic E-state index is -3.62. The molecule has 2 aromatic carbocycles. The second-order valence-corrected chi connectivity index (χ2v) is 6.60. The first-order chi connectivity index (χ1) is 10.3. The Labute approximate surface area is 128 Å². The van der Waals surface area contributed by atoms with Crippen LogP contribution in [0.15, 0.2) is 42.5 Å². The van der Waals surface area contributed by atoms with E-state index in [1.54, 1.807) is 13.0 Å². The fourth-order valence-electron chi connectivity index (χ4n) is 1.94. The largest absolute Gasteiger partial charge is 0.274 e. The van der Waals surface area contributed by atoms with Crippen LogP contribution in [0.4, 0.5) is 4.39 Å². The third-order valence-electron chi connectivity index (χ3n) is 2.96. The molecule has 0 aliphatic heterocycles. The molecule has 7 heteroatoms. The van der Waals surface area contributed by atoms with Crippen LogP contribution in [0.5, 0.6) is 0 Å². The van der Waals surface area contributed by atoms with Gasteiger partial charge in [0.1, 0.15) is 5.82 Å². The summed E-state index contributed by atoms with van der Waals surface area (Å²) >= 11 is 0. The number of nitrogens with one attached hydrogen (secondary N) is 2. The van der Waals surface area contributed by atoms with Crippen LogP contribution in [0.2, 0.25) is 0 Å². The van der Waals surface area contributed by atoms with Gasteiger partial charge in [-0.15, -0.1) is 4.83 Å². The number of hydrogen-bond donors (Lipinski definition) is 2. The number of hydrogen-bond acceptors (Lipinski definition) is 3. The molecule has 5 nitrogen and oxygen atoms in total. The third-order valence-corrected chi connectivity index (χ3v) is 3.43. The summed E-state index contributed by atoms with van der Waals surface area (Å²) in [5.41, 5.74) is 3.54. The Bertz CT molecular complexity index is 805. The summed E-state index contributed by atoms with van der Waals surface area (Å²) in [6.07, 6.45) is 0.884. The van der Waals surface area contributed by atoms with Gasteiger partial charge in [0, 0.05) is 0 Å². The molecular formula is C15H15FN2O3S. The molecule has 22 heavy (non-hydrogen) atoms. The van der Waals surface area contributed by atoms with Crippen LogP contribution in [0.3, 0.4) is 0 Å². The fourth-order valence-corrected chi connectivity index (χ4v) is 2.22. The molecule has 0 heterocycles. The molecule has 0 saturated carbocycles. The first-order valence-electron chi connectivity index (χ1n) is 6.40. The number of hydrazine groups is 1. The average Bonchev–Trinajstić information content (AvgIpc) is 2.47. The average molecular weight is 322 g/mol. The Morgan fingerprint density at radius 3 is 2.32 bits per heavy atom. The van der Waals surface area contributed by atoms with Crippen molar-refractivity contribution in [3.8, 4) is 11.1 Å². The lowest BCUT2D eigenvalue weighted by Crippen LogP contribution is -2.41. The second-order valence-electron chi connectivity index (χ2n) is 4.85. The number of amides is 1. The summed E-state index contributed by atoms with van der Waals surface area (Å²) in [4.78, 5) is 13.8. The highest BCUT2D eigenvalue weighted by molar-refractivity contribution is 7.88. The van der Waals surface area contributed by atoms with Crippen LogP contribution in [0, 0.1) is 12.7 Å². The highest BCUT2D eigenvalue weighted by atomic mass is 32.2. The fraction of sp³-hybridized carbons (Fsp3) is 0.133. The van der Waals surface area contributed by atoms with Gasteiger partial charge in [0.05, 0.1) is 11.8 Å². The zero-order valence-corrected chi connectivity index (χ0v) is 12.9. The van der Waals surface area contributed by atoms with Gasteiger partial charge in [-0.25, -0.2) is 12.8 Å². The van der Waals surface area contributed by atoms with Gasteiger partial charge >= 0.3 is 0 Å². The molecule has 0 aromatic heterocycles. The van der Waals surface area contributed by atoms with Gasteiger partial charge in [-0.2, -0.15) is 0 Å². The minimum Gasteiger partial charge on any atom is -0.274 e. The summed E-state index contributed by atoms with van der Waals surface area (Å²) in [5.74, 6) is -1.55. The van der Waals surface area contributed by atoms with Crippen molar-refractivity contribution in [2.75, 3.05) is 6.26 Å². The van der Waals surface area contributed by atoms with Gasteiger partial charge < -0.3 is 0 Å². The lowest BCUT2D eigenvalue weighted by atomic mass is 9.99. The summed E-state index contributed by atoms with van der Waals surface area (Å²) in [5, 5.41) is 0. The standard InChI is InChI=1S/C15H15FN2O3S/c1-10-8-12(11-6-4-3-5-7-11)9-13(14(10)16)15(19)17-18-22(2,20)21/h3-9,18H,1-2H3,(H,17,19). The molecule has 0 radical (unpaired) electrons. The van der Waals surface area contributed by atoms with Crippen molar-refractivity contribution in [1.82, 2.24) is 10.3 Å². The number of benzene rings is 2. The highest BCUT2D eigenvalue weighted by Crippen LogP contribution is 2.24. The summed E-state index contributed by atoms with van der Waals surface area (Å²) < 4.78 is 36.1. The monoisotopic (exact) mass is 322 g/mol. The van der Waals surface area contributed by atoms with E-state index in [2.05, 4.69) is 0 Å². The van der Waals surface area contributed by atoms with E-state index < -0.39 is 21.7 Å². The molecule has 0 spiro atoms. The van der Waals surface area contributed by atoms with Gasteiger partial charge in [0.15, 0.2) is 0 Å². The highest BCUT2D eigenvalue weighted by Gasteiger charge is 2.16. The van der Waals surface area contributed by atoms with Crippen LogP contribution >= 0.6 is 0 Å². The van der Waals surface area contributed by atoms with E-state index in [0.717, 1.165) is 11.8 Å². The van der Waals surface area contributed by atoms with Crippen LogP contribution in [-0.2, 0) is 10.0 Å². The predicted octanol–water partition coefficient (Wildman–Crippen LogP) is 2.00. The van der Waals surface area contributed by atoms with Crippen LogP contribution < -0.4 is 10.3 Å². The van der Waals surface area contributed by atoms with Crippen molar-refractivity contribution in [3.63, 3.8) is 0 Å². The normalized spacial score (nSPS) is 11.2. The van der Waals surface area contributed by atoms with Crippen LogP contribution in [-0.4, -0.2) is 20.6 Å². The zero-order valence-electron chi connectivity index (χ0n) is 12.1. The lowest BCUT2D eigenvalue weighted by Gasteiger charge is -2.10. The molecule has 2 N–H and O–H groups in total. The lowest BCUT2D eigenvalue weighted by molar-refractivity contribution is 0.0941. The molecule has 0 fully saturated rings. The van der Waals surface area contributed by atoms with Gasteiger partial charge in [-0.3, -0.25) is 10.2 Å². The van der Waals surface area contributed by atoms with Crippen molar-refractivity contribution in [1.29, 1.82) is 0 Å². The van der Waals surface area contributed by atoms with E-state index in [9.17, 15) is 17.6 Å². The van der Waals surface area contributed by atoms with Crippen molar-refractivity contribution in [3.05, 3.63) is 59.4 Å². The number of carbonyl (C=O) groups excluding carboxylic acids is 1. The van der Waals surface area contributed by atoms with Gasteiger partial charge in [0.25, 0.3) is 5.91 Å². The van der Waals surface area contributed by atoms with Gasteiger partial charge in [-0.05, 0) is 35.7 Å². The summed E-state index contributed by atoms with van der Waals surface area (Å²) in [6.45, 7) is 1.54. The Kier molecular flexibility index (Phi) is 4.58. The topological polar surface area (TPSA) is 75.3 Å². The molecule has 0 bridgehead atoms. The molecule has 0 atom stereocenters. The third kappa shape index (κ3) is 3.90. The minimum absolute atomic E-state index is 0.227. The van der Waals surface area contributed by atoms with E-state index in [1.807, 2.05) is 40.6 Å². The summed E-state index contributed by atoms with van der Waals surface area (Å²) in [7, 11) is -3.62. The van der Waals surface area contributed by atoms with Gasteiger partial charge in [0.2, 0.25) is 10.0 Å². The predicted molar refractivity (Wildman–Crippen MR) is 82.0 cm³/mol. The quantitative estimate of drug-likeness (QED) is 0.845. The molecule has 1 amide bonds. The molecule has 2 rings (SSSR count). The van der Waals surface area contributed by atoms with E-state index in [-0.39, 0.29) is 5.56 Å². The van der Waals surface area contributed by atoms with Gasteiger partial charge in [-0.1, -0.05) is 30.3 Å². The van der Waals surface area contributed by atoms with E-state index in [4.69, 9.17) is 0 Å². The number of sulfonamides is 1. The first kappa shape index (κ1) is 16.1. The first-order valence-corrected chi connectivity index (χ1v) is 8.30. The Balaban J connectivity index is 2.39. The van der Waals surface area contributed by atoms with E-state index in [0.29, 0.717) is 11.1 Å². The van der Waals surface area contributed by atoms with E-state index in [1.165, 1.54) is 6.07 Å². The van der Waals surface area contributed by atoms with Crippen LogP contribution in [0.1, 0.15) is 15.9 Å². The second kappa shape index (κ2) is 6.25. The van der Waals surface area contributed by atoms with Crippen LogP contribution in [0.25, 0.3) is 11.1 Å². The molecule has 116 valence electrons. The Hall–Kier alpha value is -2.25. The summed E-state index contributed by atoms with van der Waals surface area (Å²) in [6, 6.07) is 12.2. The number of rotatable bonds is 4. The number of halogens is 1. The molecule has 0 aliphatic carbocycles. The zero-order chi connectivity index (χ0) is 16.3. The molecule has 0 aliphatic rings. The maximum atomic E-state index is 14.1. The SMILES string of the molecule is Cc1cc(-c2ccccc2)cc(C(=O)NNS(C)(=O)=O)c1F. The molecule has 2 aromatic rings. The van der Waals surface area contributed by atoms with Crippen molar-refractivity contribution in [2.24, 2.45) is 0 Å². The van der Waals surface area contributed by atoms with Crippen molar-refractivity contribution in [2.45, 2.75) is 6.92 Å². The number of carbonyl (C=O) groups is 1. The van der Waals surface area contributed by atoms with Crippen molar-refractivity contribution >= 4 is 15.9 Å². The van der Waals surface area contributed by atoms with Crippen molar-refractivity contribution < 1.29 is 17.6 Å². The van der Waals surface area contributed by atoms with E-state index >= 15 is 0 Å². The maximum Gasteiger partial charge on any atom is 0.269 e. The smallest absolute Gasteiger partial charge is 0.269 e. The maximum absolute atomic E-state index is 14.1. The molecule has 0 saturated heterocycles. The number of aryl methyl sites for hydroxylation is 1. The Morgan fingerprint density at radius 2 is 1.73 bits per heavy atom. The Morgan fingerprint density at radius 1 is 1.09 bits per heavy atom. The molecule has 0 unspecified atom stereocenters. The molecular weight excluding hydrogens is 307 g/mol.